The van der Waals surface area contributed by atoms with Gasteiger partial charge in [-0.2, -0.15) is 9.97 Å². The Morgan fingerprint density at radius 1 is 1.03 bits per heavy atom. The minimum absolute atomic E-state index is 0.0363. The van der Waals surface area contributed by atoms with Crippen LogP contribution in [-0.2, 0) is 9.59 Å². The van der Waals surface area contributed by atoms with Crippen LogP contribution in [0, 0.1) is 0 Å². The number of amides is 1. The van der Waals surface area contributed by atoms with Crippen molar-refractivity contribution in [2.24, 2.45) is 0 Å². The van der Waals surface area contributed by atoms with E-state index < -0.39 is 23.9 Å². The molecule has 35 heavy (non-hydrogen) atoms. The first kappa shape index (κ1) is 25.3. The van der Waals surface area contributed by atoms with E-state index in [-0.39, 0.29) is 25.2 Å². The SMILES string of the molecule is CNc1nc(N)nc(N)c1N1CCN(c2ccc(C(=O)NC(CCCC(=O)O)C(=O)O)cc2)CC1. The van der Waals surface area contributed by atoms with E-state index in [0.717, 1.165) is 5.69 Å². The van der Waals surface area contributed by atoms with Crippen LogP contribution in [-0.4, -0.2) is 77.3 Å². The molecule has 1 aliphatic heterocycles. The van der Waals surface area contributed by atoms with E-state index in [0.29, 0.717) is 49.1 Å². The number of benzene rings is 1. The van der Waals surface area contributed by atoms with Gasteiger partial charge in [-0.15, -0.1) is 0 Å². The molecule has 1 aromatic heterocycles. The first-order valence-electron chi connectivity index (χ1n) is 11.2. The normalized spacial score (nSPS) is 14.3. The lowest BCUT2D eigenvalue weighted by Crippen LogP contribution is -2.47. The van der Waals surface area contributed by atoms with Gasteiger partial charge < -0.3 is 42.1 Å². The maximum absolute atomic E-state index is 12.5. The molecule has 188 valence electrons. The second-order valence-corrected chi connectivity index (χ2v) is 8.09. The van der Waals surface area contributed by atoms with E-state index in [1.54, 1.807) is 19.2 Å². The fraction of sp³-hybridized carbons (Fsp3) is 0.409. The van der Waals surface area contributed by atoms with Gasteiger partial charge >= 0.3 is 11.9 Å². The zero-order chi connectivity index (χ0) is 25.5. The Morgan fingerprint density at radius 2 is 1.66 bits per heavy atom. The van der Waals surface area contributed by atoms with Gasteiger partial charge in [0.05, 0.1) is 0 Å². The molecule has 1 fully saturated rings. The van der Waals surface area contributed by atoms with Gasteiger partial charge in [-0.25, -0.2) is 4.79 Å². The van der Waals surface area contributed by atoms with Gasteiger partial charge in [0.1, 0.15) is 11.7 Å². The largest absolute Gasteiger partial charge is 0.481 e. The molecule has 1 unspecified atom stereocenters. The van der Waals surface area contributed by atoms with Crippen LogP contribution in [0.5, 0.6) is 0 Å². The van der Waals surface area contributed by atoms with Gasteiger partial charge in [-0.1, -0.05) is 0 Å². The lowest BCUT2D eigenvalue weighted by Gasteiger charge is -2.38. The third-order valence-electron chi connectivity index (χ3n) is 5.74. The fourth-order valence-corrected chi connectivity index (χ4v) is 3.94. The van der Waals surface area contributed by atoms with Crippen LogP contribution < -0.4 is 31.9 Å². The Hall–Kier alpha value is -4.29. The summed E-state index contributed by atoms with van der Waals surface area (Å²) < 4.78 is 0. The molecule has 13 heteroatoms. The third-order valence-corrected chi connectivity index (χ3v) is 5.74. The van der Waals surface area contributed by atoms with Crippen LogP contribution >= 0.6 is 0 Å². The highest BCUT2D eigenvalue weighted by Gasteiger charge is 2.24. The number of aromatic nitrogens is 2. The molecule has 2 heterocycles. The highest BCUT2D eigenvalue weighted by molar-refractivity contribution is 5.96. The maximum atomic E-state index is 12.5. The summed E-state index contributed by atoms with van der Waals surface area (Å²) in [5.41, 5.74) is 13.7. The number of carbonyl (C=O) groups is 3. The monoisotopic (exact) mass is 486 g/mol. The molecule has 0 spiro atoms. The average molecular weight is 487 g/mol. The third kappa shape index (κ3) is 6.40. The van der Waals surface area contributed by atoms with Crippen LogP contribution in [0.25, 0.3) is 0 Å². The van der Waals surface area contributed by atoms with Crippen molar-refractivity contribution in [3.63, 3.8) is 0 Å². The number of nitrogen functional groups attached to an aromatic ring is 2. The summed E-state index contributed by atoms with van der Waals surface area (Å²) in [6, 6.07) is 5.74. The van der Waals surface area contributed by atoms with Gasteiger partial charge in [0, 0.05) is 50.9 Å². The number of carboxylic acids is 2. The number of anilines is 5. The Bertz CT molecular complexity index is 1070. The molecular formula is C22H30N8O5. The molecule has 1 saturated heterocycles. The molecule has 0 bridgehead atoms. The standard InChI is InChI=1S/C22H30N8O5/c1-25-19-17(18(23)27-22(24)28-19)30-11-9-29(10-12-30)14-7-5-13(6-8-14)20(33)26-15(21(34)35)3-2-4-16(31)32/h5-8,15H,2-4,9-12H2,1H3,(H,26,33)(H,31,32)(H,34,35)(H5,23,24,25,27,28). The second kappa shape index (κ2) is 11.2. The number of rotatable bonds is 10. The van der Waals surface area contributed by atoms with Crippen LogP contribution in [0.1, 0.15) is 29.6 Å². The number of hydrogen-bond acceptors (Lipinski definition) is 10. The lowest BCUT2D eigenvalue weighted by molar-refractivity contribution is -0.140. The zero-order valence-electron chi connectivity index (χ0n) is 19.4. The number of carbonyl (C=O) groups excluding carboxylic acids is 1. The number of carboxylic acid groups (broad SMARTS) is 2. The Balaban J connectivity index is 1.59. The number of nitrogens with two attached hydrogens (primary N) is 2. The maximum Gasteiger partial charge on any atom is 0.326 e. The summed E-state index contributed by atoms with van der Waals surface area (Å²) in [5, 5.41) is 23.5. The predicted octanol–water partition coefficient (Wildman–Crippen LogP) is 0.447. The molecule has 0 saturated carbocycles. The molecule has 2 aromatic rings. The Kier molecular flexibility index (Phi) is 8.12. The number of nitrogens with zero attached hydrogens (tertiary/aromatic N) is 4. The molecule has 1 amide bonds. The summed E-state index contributed by atoms with van der Waals surface area (Å²) in [6.07, 6.45) is 0.0336. The van der Waals surface area contributed by atoms with Crippen LogP contribution in [0.3, 0.4) is 0 Å². The number of aliphatic carboxylic acids is 2. The summed E-state index contributed by atoms with van der Waals surface area (Å²) in [5.74, 6) is -1.75. The molecule has 0 radical (unpaired) electrons. The van der Waals surface area contributed by atoms with E-state index in [1.165, 1.54) is 0 Å². The Morgan fingerprint density at radius 3 is 2.23 bits per heavy atom. The van der Waals surface area contributed by atoms with E-state index in [1.807, 2.05) is 12.1 Å². The van der Waals surface area contributed by atoms with Crippen molar-refractivity contribution < 1.29 is 24.6 Å². The predicted molar refractivity (Wildman–Crippen MR) is 132 cm³/mol. The summed E-state index contributed by atoms with van der Waals surface area (Å²) >= 11 is 0. The van der Waals surface area contributed by atoms with Crippen molar-refractivity contribution in [1.82, 2.24) is 15.3 Å². The minimum atomic E-state index is -1.20. The van der Waals surface area contributed by atoms with Crippen molar-refractivity contribution in [3.8, 4) is 0 Å². The van der Waals surface area contributed by atoms with Gasteiger partial charge in [0.2, 0.25) is 5.95 Å². The van der Waals surface area contributed by atoms with E-state index in [4.69, 9.17) is 16.6 Å². The molecule has 3 rings (SSSR count). The molecule has 1 aromatic carbocycles. The van der Waals surface area contributed by atoms with Crippen LogP contribution in [0.15, 0.2) is 24.3 Å². The first-order valence-corrected chi connectivity index (χ1v) is 11.2. The van der Waals surface area contributed by atoms with Gasteiger partial charge in [0.25, 0.3) is 5.91 Å². The second-order valence-electron chi connectivity index (χ2n) is 8.09. The Labute approximate surface area is 202 Å². The quantitative estimate of drug-likeness (QED) is 0.271. The van der Waals surface area contributed by atoms with Gasteiger partial charge in [-0.3, -0.25) is 9.59 Å². The highest BCUT2D eigenvalue weighted by Crippen LogP contribution is 2.31. The molecular weight excluding hydrogens is 456 g/mol. The van der Waals surface area contributed by atoms with Crippen molar-refractivity contribution in [2.45, 2.75) is 25.3 Å². The van der Waals surface area contributed by atoms with Crippen molar-refractivity contribution in [3.05, 3.63) is 29.8 Å². The minimum Gasteiger partial charge on any atom is -0.481 e. The number of hydrogen-bond donors (Lipinski definition) is 6. The molecule has 0 aliphatic carbocycles. The zero-order valence-corrected chi connectivity index (χ0v) is 19.4. The van der Waals surface area contributed by atoms with Gasteiger partial charge in [-0.05, 0) is 37.1 Å². The molecule has 1 aliphatic rings. The van der Waals surface area contributed by atoms with Crippen LogP contribution in [0.2, 0.25) is 0 Å². The molecule has 1 atom stereocenters. The molecule has 8 N–H and O–H groups in total. The summed E-state index contributed by atoms with van der Waals surface area (Å²) in [6.45, 7) is 2.74. The smallest absolute Gasteiger partial charge is 0.326 e. The average Bonchev–Trinajstić information content (AvgIpc) is 2.82. The number of nitrogens with one attached hydrogen (secondary N) is 2. The van der Waals surface area contributed by atoms with Crippen LogP contribution in [0.4, 0.5) is 29.0 Å². The summed E-state index contributed by atoms with van der Waals surface area (Å²) in [7, 11) is 1.74. The van der Waals surface area contributed by atoms with Crippen molar-refractivity contribution in [2.75, 3.05) is 59.8 Å². The lowest BCUT2D eigenvalue weighted by atomic mass is 10.1. The summed E-state index contributed by atoms with van der Waals surface area (Å²) in [4.78, 5) is 47.1. The molecule has 13 nitrogen and oxygen atoms in total. The van der Waals surface area contributed by atoms with E-state index in [2.05, 4.69) is 30.4 Å². The highest BCUT2D eigenvalue weighted by atomic mass is 16.4. The first-order chi connectivity index (χ1) is 16.7. The van der Waals surface area contributed by atoms with E-state index in [9.17, 15) is 19.5 Å². The number of piperazine rings is 1. The van der Waals surface area contributed by atoms with Crippen molar-refractivity contribution >= 4 is 46.8 Å². The van der Waals surface area contributed by atoms with Crippen molar-refractivity contribution in [1.29, 1.82) is 0 Å². The fourth-order valence-electron chi connectivity index (χ4n) is 3.94. The topological polar surface area (TPSA) is 200 Å². The van der Waals surface area contributed by atoms with Gasteiger partial charge in [0.15, 0.2) is 11.6 Å². The van der Waals surface area contributed by atoms with E-state index >= 15 is 0 Å².